The van der Waals surface area contributed by atoms with Crippen molar-refractivity contribution in [2.75, 3.05) is 40.9 Å². The molecule has 0 fully saturated rings. The summed E-state index contributed by atoms with van der Waals surface area (Å²) in [5.74, 6) is -0.255. The Morgan fingerprint density at radius 2 is 1.07 bits per heavy atom. The zero-order valence-corrected chi connectivity index (χ0v) is 36.3. The zero-order valence-electron chi connectivity index (χ0n) is 35.4. The topological polar surface area (TPSA) is 108 Å². The molecule has 0 rings (SSSR count). The van der Waals surface area contributed by atoms with E-state index in [1.165, 1.54) is 96.3 Å². The van der Waals surface area contributed by atoms with Crippen molar-refractivity contribution >= 4 is 13.7 Å². The van der Waals surface area contributed by atoms with Crippen LogP contribution < -0.4 is 10.2 Å². The monoisotopic (exact) mass is 779 g/mol. The largest absolute Gasteiger partial charge is 0.756 e. The van der Waals surface area contributed by atoms with Crippen LogP contribution in [0.3, 0.4) is 0 Å². The Morgan fingerprint density at radius 1 is 0.648 bits per heavy atom. The Kier molecular flexibility index (Phi) is 35.6. The maximum atomic E-state index is 12.8. The van der Waals surface area contributed by atoms with Crippen LogP contribution in [0.15, 0.2) is 60.8 Å². The van der Waals surface area contributed by atoms with Gasteiger partial charge in [-0.2, -0.15) is 0 Å². The van der Waals surface area contributed by atoms with Crippen LogP contribution in [0.1, 0.15) is 168 Å². The highest BCUT2D eigenvalue weighted by molar-refractivity contribution is 7.45. The number of carbonyl (C=O) groups excluding carboxylic acids is 1. The van der Waals surface area contributed by atoms with Crippen molar-refractivity contribution < 1.29 is 32.9 Å². The van der Waals surface area contributed by atoms with Crippen molar-refractivity contribution in [2.45, 2.75) is 180 Å². The summed E-state index contributed by atoms with van der Waals surface area (Å²) >= 11 is 0. The van der Waals surface area contributed by atoms with Crippen LogP contribution in [0, 0.1) is 0 Å². The van der Waals surface area contributed by atoms with E-state index < -0.39 is 26.6 Å². The zero-order chi connectivity index (χ0) is 40.0. The second-order valence-electron chi connectivity index (χ2n) is 15.7. The molecule has 314 valence electrons. The molecule has 0 aliphatic heterocycles. The van der Waals surface area contributed by atoms with E-state index in [0.29, 0.717) is 17.4 Å². The lowest BCUT2D eigenvalue weighted by Gasteiger charge is -2.29. The van der Waals surface area contributed by atoms with Crippen molar-refractivity contribution in [1.82, 2.24) is 5.32 Å². The summed E-state index contributed by atoms with van der Waals surface area (Å²) in [5, 5.41) is 13.7. The SMILES string of the molecule is CCCCCCCCC/C=C/C/C=C/C/C=C/C/C=C/CCCC(=O)N[C@@H](COP(=O)([O-])OCC[N+](C)(C)C)[C@H](O)/C=C/CCCCCCCCCCC. The number of carbonyl (C=O) groups is 1. The van der Waals surface area contributed by atoms with Crippen LogP contribution in [-0.4, -0.2) is 68.5 Å². The molecule has 0 radical (unpaired) electrons. The fraction of sp³-hybridized carbons (Fsp3) is 0.756. The van der Waals surface area contributed by atoms with Gasteiger partial charge in [0, 0.05) is 6.42 Å². The number of hydrogen-bond acceptors (Lipinski definition) is 6. The summed E-state index contributed by atoms with van der Waals surface area (Å²) in [4.78, 5) is 25.2. The molecule has 1 unspecified atom stereocenters. The van der Waals surface area contributed by atoms with Gasteiger partial charge >= 0.3 is 0 Å². The predicted molar refractivity (Wildman–Crippen MR) is 228 cm³/mol. The molecule has 0 saturated carbocycles. The molecule has 54 heavy (non-hydrogen) atoms. The fourth-order valence-electron chi connectivity index (χ4n) is 5.73. The Bertz CT molecular complexity index is 1060. The van der Waals surface area contributed by atoms with E-state index >= 15 is 0 Å². The van der Waals surface area contributed by atoms with E-state index in [0.717, 1.165) is 44.9 Å². The number of likely N-dealkylation sites (N-methyl/N-ethyl adjacent to an activating group) is 1. The van der Waals surface area contributed by atoms with Gasteiger partial charge in [0.05, 0.1) is 39.9 Å². The lowest BCUT2D eigenvalue weighted by Crippen LogP contribution is -2.45. The highest BCUT2D eigenvalue weighted by atomic mass is 31.2. The van der Waals surface area contributed by atoms with Crippen LogP contribution in [-0.2, 0) is 18.4 Å². The van der Waals surface area contributed by atoms with Gasteiger partial charge in [-0.25, -0.2) is 0 Å². The number of phosphoric acid groups is 1. The van der Waals surface area contributed by atoms with Crippen molar-refractivity contribution in [3.05, 3.63) is 60.8 Å². The summed E-state index contributed by atoms with van der Waals surface area (Å²) in [6.45, 7) is 4.56. The van der Waals surface area contributed by atoms with Crippen molar-refractivity contribution in [3.63, 3.8) is 0 Å². The minimum atomic E-state index is -4.60. The highest BCUT2D eigenvalue weighted by Gasteiger charge is 2.23. The van der Waals surface area contributed by atoms with E-state index in [1.54, 1.807) is 6.08 Å². The Labute approximate surface area is 332 Å². The molecule has 3 atom stereocenters. The van der Waals surface area contributed by atoms with Gasteiger partial charge in [-0.15, -0.1) is 0 Å². The second-order valence-corrected chi connectivity index (χ2v) is 17.1. The number of phosphoric ester groups is 1. The van der Waals surface area contributed by atoms with E-state index in [4.69, 9.17) is 9.05 Å². The standard InChI is InChI=1S/C45H83N2O6P/c1-6-8-10-12-14-16-18-19-20-21-22-23-24-25-26-27-29-31-33-35-37-39-45(49)46-43(42-53-54(50,51)52-41-40-47(3,4)5)44(48)38-36-34-32-30-28-17-15-13-11-9-7-2/h20-21,23-24,26-27,31,33,36,38,43-44,48H,6-19,22,25,28-30,32,34-35,37,39-42H2,1-5H3,(H-,46,49,50,51)/b21-20+,24-23+,27-26+,33-31+,38-36+/t43-,44+/m0/s1. The molecule has 0 saturated heterocycles. The van der Waals surface area contributed by atoms with Gasteiger partial charge in [0.2, 0.25) is 5.91 Å². The number of hydrogen-bond donors (Lipinski definition) is 2. The van der Waals surface area contributed by atoms with Crippen molar-refractivity contribution in [3.8, 4) is 0 Å². The number of allylic oxidation sites excluding steroid dienone is 9. The van der Waals surface area contributed by atoms with Gasteiger partial charge in [0.25, 0.3) is 7.82 Å². The summed E-state index contributed by atoms with van der Waals surface area (Å²) in [6.07, 6.45) is 47.1. The molecular formula is C45H83N2O6P. The normalized spacial score (nSPS) is 15.0. The molecule has 2 N–H and O–H groups in total. The molecule has 0 aliphatic rings. The maximum absolute atomic E-state index is 12.8. The number of aliphatic hydroxyl groups is 1. The number of unbranched alkanes of at least 4 members (excludes halogenated alkanes) is 17. The van der Waals surface area contributed by atoms with E-state index in [1.807, 2.05) is 27.2 Å². The number of aliphatic hydroxyl groups excluding tert-OH is 1. The molecular weight excluding hydrogens is 695 g/mol. The number of rotatable bonds is 38. The van der Waals surface area contributed by atoms with Gasteiger partial charge in [-0.05, 0) is 57.8 Å². The summed E-state index contributed by atoms with van der Waals surface area (Å²) < 4.78 is 23.1. The molecule has 8 nitrogen and oxygen atoms in total. The first kappa shape index (κ1) is 52.2. The van der Waals surface area contributed by atoms with Crippen LogP contribution in [0.5, 0.6) is 0 Å². The lowest BCUT2D eigenvalue weighted by atomic mass is 10.1. The number of nitrogens with one attached hydrogen (secondary N) is 1. The van der Waals surface area contributed by atoms with Crippen LogP contribution in [0.2, 0.25) is 0 Å². The van der Waals surface area contributed by atoms with Crippen LogP contribution >= 0.6 is 7.82 Å². The molecule has 0 bridgehead atoms. The first-order chi connectivity index (χ1) is 26.0. The molecule has 0 aromatic carbocycles. The minimum Gasteiger partial charge on any atom is -0.756 e. The van der Waals surface area contributed by atoms with E-state index in [2.05, 4.69) is 67.8 Å². The Morgan fingerprint density at radius 3 is 1.56 bits per heavy atom. The molecule has 0 aliphatic carbocycles. The highest BCUT2D eigenvalue weighted by Crippen LogP contribution is 2.38. The Hall–Kier alpha value is -1.80. The molecule has 9 heteroatoms. The third-order valence-corrected chi connectivity index (χ3v) is 10.2. The number of nitrogens with zero attached hydrogens (tertiary/aromatic N) is 1. The maximum Gasteiger partial charge on any atom is 0.268 e. The molecule has 1 amide bonds. The van der Waals surface area contributed by atoms with Gasteiger partial charge in [-0.1, -0.05) is 164 Å². The third-order valence-electron chi connectivity index (χ3n) is 9.22. The Balaban J connectivity index is 4.51. The number of quaternary nitrogens is 1. The average molecular weight is 779 g/mol. The summed E-state index contributed by atoms with van der Waals surface area (Å²) in [7, 11) is 1.22. The quantitative estimate of drug-likeness (QED) is 0.0280. The smallest absolute Gasteiger partial charge is 0.268 e. The van der Waals surface area contributed by atoms with Gasteiger partial charge in [0.1, 0.15) is 13.2 Å². The molecule has 0 heterocycles. The van der Waals surface area contributed by atoms with Crippen LogP contribution in [0.4, 0.5) is 0 Å². The van der Waals surface area contributed by atoms with E-state index in [-0.39, 0.29) is 18.9 Å². The second kappa shape index (κ2) is 36.8. The first-order valence-electron chi connectivity index (χ1n) is 21.7. The summed E-state index contributed by atoms with van der Waals surface area (Å²) in [6, 6.07) is -0.915. The van der Waals surface area contributed by atoms with Crippen molar-refractivity contribution in [1.29, 1.82) is 0 Å². The van der Waals surface area contributed by atoms with Gasteiger partial charge < -0.3 is 28.8 Å². The van der Waals surface area contributed by atoms with E-state index in [9.17, 15) is 19.4 Å². The number of amides is 1. The van der Waals surface area contributed by atoms with Crippen molar-refractivity contribution in [2.24, 2.45) is 0 Å². The first-order valence-corrected chi connectivity index (χ1v) is 23.1. The lowest BCUT2D eigenvalue weighted by molar-refractivity contribution is -0.870. The third kappa shape index (κ3) is 38.5. The van der Waals surface area contributed by atoms with Gasteiger partial charge in [-0.3, -0.25) is 9.36 Å². The predicted octanol–water partition coefficient (Wildman–Crippen LogP) is 11.2. The average Bonchev–Trinajstić information content (AvgIpc) is 3.12. The summed E-state index contributed by atoms with van der Waals surface area (Å²) in [5.41, 5.74) is 0. The fourth-order valence-corrected chi connectivity index (χ4v) is 6.45. The molecule has 0 aromatic heterocycles. The van der Waals surface area contributed by atoms with Gasteiger partial charge in [0.15, 0.2) is 0 Å². The minimum absolute atomic E-state index is 0.0137. The molecule has 0 spiro atoms. The molecule has 0 aromatic rings. The van der Waals surface area contributed by atoms with Crippen LogP contribution in [0.25, 0.3) is 0 Å².